The van der Waals surface area contributed by atoms with Crippen LogP contribution in [0.3, 0.4) is 0 Å². The number of benzene rings is 1. The van der Waals surface area contributed by atoms with Gasteiger partial charge in [0.05, 0.1) is 17.9 Å². The van der Waals surface area contributed by atoms with Crippen molar-refractivity contribution >= 4 is 22.9 Å². The largest absolute Gasteiger partial charge is 0.486 e. The van der Waals surface area contributed by atoms with E-state index < -0.39 is 0 Å². The molecule has 144 valence electrons. The molecule has 2 heterocycles. The lowest BCUT2D eigenvalue weighted by Crippen LogP contribution is -2.29. The van der Waals surface area contributed by atoms with Crippen LogP contribution in [0.25, 0.3) is 0 Å². The Bertz CT molecular complexity index is 1070. The zero-order chi connectivity index (χ0) is 20.1. The van der Waals surface area contributed by atoms with E-state index in [1.54, 1.807) is 24.3 Å². The number of aromatic nitrogens is 3. The first-order valence-electron chi connectivity index (χ1n) is 8.90. The fraction of sp³-hybridized carbons (Fsp3) is 0.300. The SMILES string of the molecule is CCc1nn(Cc2csc(COc3ccc(Cl)cc3)n2)c(=O)c(C#N)c1CC. The zero-order valence-electron chi connectivity index (χ0n) is 15.6. The van der Waals surface area contributed by atoms with Crippen molar-refractivity contribution in [2.75, 3.05) is 0 Å². The number of hydrogen-bond donors (Lipinski definition) is 0. The zero-order valence-corrected chi connectivity index (χ0v) is 17.2. The van der Waals surface area contributed by atoms with Crippen LogP contribution in [-0.2, 0) is 26.0 Å². The molecule has 0 aliphatic carbocycles. The molecule has 0 aliphatic rings. The van der Waals surface area contributed by atoms with Gasteiger partial charge in [0, 0.05) is 10.4 Å². The van der Waals surface area contributed by atoms with Gasteiger partial charge in [0.25, 0.3) is 5.56 Å². The third kappa shape index (κ3) is 4.41. The number of ether oxygens (including phenoxy) is 1. The standard InChI is InChI=1S/C20H19ClN4O2S/c1-3-16-17(9-22)20(26)25(24-18(16)4-2)10-14-12-28-19(23-14)11-27-15-7-5-13(21)6-8-15/h5-8,12H,3-4,10-11H2,1-2H3. The van der Waals surface area contributed by atoms with Crippen LogP contribution in [0, 0.1) is 11.3 Å². The summed E-state index contributed by atoms with van der Waals surface area (Å²) in [4.78, 5) is 17.1. The van der Waals surface area contributed by atoms with E-state index >= 15 is 0 Å². The second-order valence-corrected chi connectivity index (χ2v) is 7.44. The molecule has 0 unspecified atom stereocenters. The molecule has 3 aromatic rings. The molecule has 0 saturated heterocycles. The average Bonchev–Trinajstić information content (AvgIpc) is 3.16. The van der Waals surface area contributed by atoms with Crippen molar-refractivity contribution in [2.24, 2.45) is 0 Å². The normalized spacial score (nSPS) is 10.6. The van der Waals surface area contributed by atoms with Gasteiger partial charge >= 0.3 is 0 Å². The third-order valence-corrected chi connectivity index (χ3v) is 5.35. The molecule has 0 N–H and O–H groups in total. The highest BCUT2D eigenvalue weighted by atomic mass is 35.5. The molecule has 0 amide bonds. The second-order valence-electron chi connectivity index (χ2n) is 6.06. The summed E-state index contributed by atoms with van der Waals surface area (Å²) < 4.78 is 7.03. The highest BCUT2D eigenvalue weighted by molar-refractivity contribution is 7.09. The maximum atomic E-state index is 12.6. The molecular weight excluding hydrogens is 396 g/mol. The molecule has 1 aromatic carbocycles. The summed E-state index contributed by atoms with van der Waals surface area (Å²) in [6.07, 6.45) is 1.27. The van der Waals surface area contributed by atoms with E-state index in [-0.39, 0.29) is 17.7 Å². The van der Waals surface area contributed by atoms with Crippen LogP contribution >= 0.6 is 22.9 Å². The van der Waals surface area contributed by atoms with Crippen LogP contribution in [0.15, 0.2) is 34.4 Å². The Balaban J connectivity index is 1.77. The number of nitriles is 1. The number of thiazole rings is 1. The Labute approximate surface area is 172 Å². The molecule has 0 aliphatic heterocycles. The van der Waals surface area contributed by atoms with Gasteiger partial charge in [0.15, 0.2) is 0 Å². The molecule has 0 fully saturated rings. The number of hydrogen-bond acceptors (Lipinski definition) is 6. The highest BCUT2D eigenvalue weighted by Crippen LogP contribution is 2.18. The summed E-state index contributed by atoms with van der Waals surface area (Å²) in [5.74, 6) is 0.709. The fourth-order valence-corrected chi connectivity index (χ4v) is 3.68. The monoisotopic (exact) mass is 414 g/mol. The maximum absolute atomic E-state index is 12.6. The first kappa shape index (κ1) is 20.1. The second kappa shape index (κ2) is 9.00. The van der Waals surface area contributed by atoms with E-state index in [9.17, 15) is 10.1 Å². The smallest absolute Gasteiger partial charge is 0.285 e. The maximum Gasteiger partial charge on any atom is 0.285 e. The van der Waals surface area contributed by atoms with Crippen molar-refractivity contribution < 1.29 is 4.74 Å². The van der Waals surface area contributed by atoms with Gasteiger partial charge in [-0.3, -0.25) is 4.79 Å². The van der Waals surface area contributed by atoms with Crippen molar-refractivity contribution in [3.05, 3.63) is 72.5 Å². The summed E-state index contributed by atoms with van der Waals surface area (Å²) in [5, 5.41) is 17.2. The lowest BCUT2D eigenvalue weighted by Gasteiger charge is -2.11. The molecule has 0 radical (unpaired) electrons. The highest BCUT2D eigenvalue weighted by Gasteiger charge is 2.16. The van der Waals surface area contributed by atoms with E-state index in [0.29, 0.717) is 35.9 Å². The van der Waals surface area contributed by atoms with Crippen molar-refractivity contribution in [2.45, 2.75) is 39.8 Å². The Morgan fingerprint density at radius 2 is 2.00 bits per heavy atom. The van der Waals surface area contributed by atoms with Gasteiger partial charge in [-0.25, -0.2) is 9.67 Å². The van der Waals surface area contributed by atoms with E-state index in [1.165, 1.54) is 16.0 Å². The first-order valence-corrected chi connectivity index (χ1v) is 10.2. The summed E-state index contributed by atoms with van der Waals surface area (Å²) in [6.45, 7) is 4.44. The quantitative estimate of drug-likeness (QED) is 0.584. The number of aryl methyl sites for hydroxylation is 1. The lowest BCUT2D eigenvalue weighted by molar-refractivity contribution is 0.305. The Morgan fingerprint density at radius 1 is 1.25 bits per heavy atom. The van der Waals surface area contributed by atoms with E-state index in [4.69, 9.17) is 16.3 Å². The molecule has 0 saturated carbocycles. The van der Waals surface area contributed by atoms with Crippen LogP contribution in [0.5, 0.6) is 5.75 Å². The third-order valence-electron chi connectivity index (χ3n) is 4.23. The first-order chi connectivity index (χ1) is 13.5. The van der Waals surface area contributed by atoms with Crippen LogP contribution < -0.4 is 10.3 Å². The van der Waals surface area contributed by atoms with Crippen LogP contribution in [0.1, 0.15) is 41.4 Å². The van der Waals surface area contributed by atoms with Gasteiger partial charge in [-0.2, -0.15) is 10.4 Å². The van der Waals surface area contributed by atoms with Crippen molar-refractivity contribution in [3.63, 3.8) is 0 Å². The number of halogens is 1. The molecule has 2 aromatic heterocycles. The van der Waals surface area contributed by atoms with Crippen molar-refractivity contribution in [1.29, 1.82) is 5.26 Å². The van der Waals surface area contributed by atoms with Crippen LogP contribution in [-0.4, -0.2) is 14.8 Å². The van der Waals surface area contributed by atoms with Crippen molar-refractivity contribution in [3.8, 4) is 11.8 Å². The lowest BCUT2D eigenvalue weighted by atomic mass is 10.0. The topological polar surface area (TPSA) is 80.8 Å². The summed E-state index contributed by atoms with van der Waals surface area (Å²) in [5.41, 5.74) is 2.03. The van der Waals surface area contributed by atoms with Gasteiger partial charge in [-0.1, -0.05) is 25.4 Å². The van der Waals surface area contributed by atoms with Crippen LogP contribution in [0.2, 0.25) is 5.02 Å². The Morgan fingerprint density at radius 3 is 2.64 bits per heavy atom. The van der Waals surface area contributed by atoms with Gasteiger partial charge in [-0.05, 0) is 42.7 Å². The van der Waals surface area contributed by atoms with Gasteiger partial charge in [0.1, 0.15) is 29.0 Å². The van der Waals surface area contributed by atoms with Crippen LogP contribution in [0.4, 0.5) is 0 Å². The van der Waals surface area contributed by atoms with Gasteiger partial charge < -0.3 is 4.74 Å². The molecule has 0 spiro atoms. The average molecular weight is 415 g/mol. The summed E-state index contributed by atoms with van der Waals surface area (Å²) in [7, 11) is 0. The summed E-state index contributed by atoms with van der Waals surface area (Å²) in [6, 6.07) is 9.17. The molecule has 8 heteroatoms. The molecule has 0 atom stereocenters. The molecule has 28 heavy (non-hydrogen) atoms. The minimum atomic E-state index is -0.372. The predicted molar refractivity (Wildman–Crippen MR) is 109 cm³/mol. The predicted octanol–water partition coefficient (Wildman–Crippen LogP) is 3.98. The minimum Gasteiger partial charge on any atom is -0.486 e. The summed E-state index contributed by atoms with van der Waals surface area (Å²) >= 11 is 7.32. The van der Waals surface area contributed by atoms with Gasteiger partial charge in [-0.15, -0.1) is 11.3 Å². The number of nitrogens with zero attached hydrogens (tertiary/aromatic N) is 4. The van der Waals surface area contributed by atoms with Crippen molar-refractivity contribution in [1.82, 2.24) is 14.8 Å². The number of rotatable bonds is 7. The Hall–Kier alpha value is -2.69. The minimum absolute atomic E-state index is 0.177. The molecule has 6 nitrogen and oxygen atoms in total. The van der Waals surface area contributed by atoms with Gasteiger partial charge in [0.2, 0.25) is 0 Å². The van der Waals surface area contributed by atoms with E-state index in [1.807, 2.05) is 25.3 Å². The fourth-order valence-electron chi connectivity index (χ4n) is 2.86. The Kier molecular flexibility index (Phi) is 6.45. The molecular formula is C20H19ClN4O2S. The van der Waals surface area contributed by atoms with E-state index in [2.05, 4.69) is 10.1 Å². The molecule has 3 rings (SSSR count). The van der Waals surface area contributed by atoms with E-state index in [0.717, 1.165) is 16.3 Å². The molecule has 0 bridgehead atoms.